The predicted molar refractivity (Wildman–Crippen MR) is 74.8 cm³/mol. The average Bonchev–Trinajstić information content (AvgIpc) is 2.78. The van der Waals surface area contributed by atoms with Crippen LogP contribution in [0.15, 0.2) is 36.5 Å². The SMILES string of the molecule is OC1(c2ccc3ncccc3c2)CC2CCC(C1)N2. The van der Waals surface area contributed by atoms with Gasteiger partial charge < -0.3 is 10.4 Å². The van der Waals surface area contributed by atoms with E-state index in [9.17, 15) is 5.11 Å². The van der Waals surface area contributed by atoms with Gasteiger partial charge in [-0.3, -0.25) is 4.98 Å². The van der Waals surface area contributed by atoms with Crippen LogP contribution in [-0.4, -0.2) is 22.2 Å². The van der Waals surface area contributed by atoms with Gasteiger partial charge in [0, 0.05) is 23.7 Å². The molecule has 0 saturated carbocycles. The summed E-state index contributed by atoms with van der Waals surface area (Å²) in [5.41, 5.74) is 1.37. The summed E-state index contributed by atoms with van der Waals surface area (Å²) in [5.74, 6) is 0. The second-order valence-corrected chi connectivity index (χ2v) is 5.99. The molecule has 2 atom stereocenters. The third-order valence-corrected chi connectivity index (χ3v) is 4.64. The van der Waals surface area contributed by atoms with Crippen molar-refractivity contribution in [2.75, 3.05) is 0 Å². The lowest BCUT2D eigenvalue weighted by Crippen LogP contribution is -2.46. The van der Waals surface area contributed by atoms with Crippen molar-refractivity contribution in [2.45, 2.75) is 43.4 Å². The van der Waals surface area contributed by atoms with Gasteiger partial charge in [0.2, 0.25) is 0 Å². The van der Waals surface area contributed by atoms with Gasteiger partial charge in [-0.1, -0.05) is 12.1 Å². The maximum absolute atomic E-state index is 11.0. The summed E-state index contributed by atoms with van der Waals surface area (Å²) in [5, 5.41) is 15.7. The van der Waals surface area contributed by atoms with E-state index in [1.807, 2.05) is 24.4 Å². The fraction of sp³-hybridized carbons (Fsp3) is 0.438. The topological polar surface area (TPSA) is 45.2 Å². The molecule has 2 bridgehead atoms. The maximum Gasteiger partial charge on any atom is 0.0926 e. The molecule has 0 aliphatic carbocycles. The number of benzene rings is 1. The zero-order chi connectivity index (χ0) is 12.9. The Bertz CT molecular complexity index is 613. The van der Waals surface area contributed by atoms with Crippen LogP contribution >= 0.6 is 0 Å². The fourth-order valence-corrected chi connectivity index (χ4v) is 3.72. The van der Waals surface area contributed by atoms with E-state index in [0.29, 0.717) is 12.1 Å². The lowest BCUT2D eigenvalue weighted by atomic mass is 9.81. The van der Waals surface area contributed by atoms with Crippen LogP contribution < -0.4 is 5.32 Å². The maximum atomic E-state index is 11.0. The second-order valence-electron chi connectivity index (χ2n) is 5.99. The van der Waals surface area contributed by atoms with Crippen molar-refractivity contribution in [1.82, 2.24) is 10.3 Å². The predicted octanol–water partition coefficient (Wildman–Crippen LogP) is 2.34. The lowest BCUT2D eigenvalue weighted by Gasteiger charge is -2.37. The zero-order valence-electron chi connectivity index (χ0n) is 10.8. The van der Waals surface area contributed by atoms with Crippen molar-refractivity contribution in [1.29, 1.82) is 0 Å². The molecule has 3 heterocycles. The first-order valence-electron chi connectivity index (χ1n) is 7.07. The summed E-state index contributed by atoms with van der Waals surface area (Å²) < 4.78 is 0. The summed E-state index contributed by atoms with van der Waals surface area (Å²) in [4.78, 5) is 4.34. The normalized spacial score (nSPS) is 33.7. The third-order valence-electron chi connectivity index (χ3n) is 4.64. The molecule has 3 heteroatoms. The molecular formula is C16H18N2O. The van der Waals surface area contributed by atoms with E-state index < -0.39 is 5.60 Å². The molecular weight excluding hydrogens is 236 g/mol. The molecule has 19 heavy (non-hydrogen) atoms. The Hall–Kier alpha value is -1.45. The quantitative estimate of drug-likeness (QED) is 0.821. The molecule has 2 aliphatic heterocycles. The molecule has 1 aromatic carbocycles. The number of nitrogens with one attached hydrogen (secondary N) is 1. The van der Waals surface area contributed by atoms with Crippen LogP contribution in [-0.2, 0) is 5.60 Å². The van der Waals surface area contributed by atoms with E-state index in [4.69, 9.17) is 0 Å². The molecule has 0 amide bonds. The lowest BCUT2D eigenvalue weighted by molar-refractivity contribution is -0.0113. The Morgan fingerprint density at radius 3 is 2.74 bits per heavy atom. The Kier molecular flexibility index (Phi) is 2.41. The third kappa shape index (κ3) is 1.85. The van der Waals surface area contributed by atoms with E-state index in [-0.39, 0.29) is 0 Å². The van der Waals surface area contributed by atoms with Crippen LogP contribution in [0, 0.1) is 0 Å². The molecule has 2 fully saturated rings. The molecule has 2 aromatic rings. The monoisotopic (exact) mass is 254 g/mol. The van der Waals surface area contributed by atoms with Gasteiger partial charge in [-0.2, -0.15) is 0 Å². The highest BCUT2D eigenvalue weighted by atomic mass is 16.3. The average molecular weight is 254 g/mol. The van der Waals surface area contributed by atoms with Gasteiger partial charge in [-0.05, 0) is 49.4 Å². The molecule has 2 unspecified atom stereocenters. The first kappa shape index (κ1) is 11.4. The number of hydrogen-bond donors (Lipinski definition) is 2. The van der Waals surface area contributed by atoms with Crippen LogP contribution in [0.3, 0.4) is 0 Å². The molecule has 98 valence electrons. The van der Waals surface area contributed by atoms with Crippen LogP contribution in [0.1, 0.15) is 31.2 Å². The molecule has 4 rings (SSSR count). The number of aromatic nitrogens is 1. The molecule has 2 aliphatic rings. The van der Waals surface area contributed by atoms with Crippen LogP contribution in [0.4, 0.5) is 0 Å². The van der Waals surface area contributed by atoms with Crippen molar-refractivity contribution in [2.24, 2.45) is 0 Å². The summed E-state index contributed by atoms with van der Waals surface area (Å²) >= 11 is 0. The van der Waals surface area contributed by atoms with Gasteiger partial charge in [0.1, 0.15) is 0 Å². The molecule has 0 radical (unpaired) electrons. The second kappa shape index (κ2) is 4.02. The molecule has 3 nitrogen and oxygen atoms in total. The molecule has 1 aromatic heterocycles. The highest BCUT2D eigenvalue weighted by Crippen LogP contribution is 2.41. The van der Waals surface area contributed by atoms with Gasteiger partial charge in [-0.25, -0.2) is 0 Å². The van der Waals surface area contributed by atoms with E-state index >= 15 is 0 Å². The van der Waals surface area contributed by atoms with Crippen LogP contribution in [0.25, 0.3) is 10.9 Å². The minimum atomic E-state index is -0.666. The number of rotatable bonds is 1. The zero-order valence-corrected chi connectivity index (χ0v) is 10.8. The summed E-state index contributed by atoms with van der Waals surface area (Å²) in [6, 6.07) is 11.1. The smallest absolute Gasteiger partial charge is 0.0926 e. The van der Waals surface area contributed by atoms with Crippen molar-refractivity contribution in [3.63, 3.8) is 0 Å². The van der Waals surface area contributed by atoms with E-state index in [1.165, 1.54) is 12.8 Å². The van der Waals surface area contributed by atoms with Gasteiger partial charge >= 0.3 is 0 Å². The van der Waals surface area contributed by atoms with Gasteiger partial charge in [0.25, 0.3) is 0 Å². The molecule has 2 saturated heterocycles. The number of pyridine rings is 1. The van der Waals surface area contributed by atoms with Crippen molar-refractivity contribution in [3.8, 4) is 0 Å². The minimum Gasteiger partial charge on any atom is -0.385 e. The highest BCUT2D eigenvalue weighted by Gasteiger charge is 2.43. The fourth-order valence-electron chi connectivity index (χ4n) is 3.72. The summed E-state index contributed by atoms with van der Waals surface area (Å²) in [7, 11) is 0. The Morgan fingerprint density at radius 1 is 1.16 bits per heavy atom. The number of piperidine rings is 1. The minimum absolute atomic E-state index is 0.480. The van der Waals surface area contributed by atoms with E-state index in [0.717, 1.165) is 29.3 Å². The van der Waals surface area contributed by atoms with Gasteiger partial charge in [0.05, 0.1) is 11.1 Å². The largest absolute Gasteiger partial charge is 0.385 e. The van der Waals surface area contributed by atoms with Crippen molar-refractivity contribution < 1.29 is 5.11 Å². The van der Waals surface area contributed by atoms with Crippen LogP contribution in [0.5, 0.6) is 0 Å². The number of hydrogen-bond acceptors (Lipinski definition) is 3. The number of fused-ring (bicyclic) bond motifs is 3. The Morgan fingerprint density at radius 2 is 1.95 bits per heavy atom. The standard InChI is InChI=1S/C16H18N2O/c19-16(9-13-4-5-14(10-16)18-13)12-3-6-15-11(8-12)2-1-7-17-15/h1-3,6-8,13-14,18-19H,4-5,9-10H2. The van der Waals surface area contributed by atoms with Gasteiger partial charge in [-0.15, -0.1) is 0 Å². The Labute approximate surface area is 112 Å². The summed E-state index contributed by atoms with van der Waals surface area (Å²) in [6.45, 7) is 0. The first-order valence-corrected chi connectivity index (χ1v) is 7.07. The van der Waals surface area contributed by atoms with Gasteiger partial charge in [0.15, 0.2) is 0 Å². The number of nitrogens with zero attached hydrogens (tertiary/aromatic N) is 1. The Balaban J connectivity index is 1.76. The first-order chi connectivity index (χ1) is 9.23. The number of aliphatic hydroxyl groups is 1. The summed E-state index contributed by atoms with van der Waals surface area (Å²) in [6.07, 6.45) is 5.86. The molecule has 2 N–H and O–H groups in total. The van der Waals surface area contributed by atoms with Crippen LogP contribution in [0.2, 0.25) is 0 Å². The van der Waals surface area contributed by atoms with E-state index in [1.54, 1.807) is 0 Å². The van der Waals surface area contributed by atoms with E-state index in [2.05, 4.69) is 22.4 Å². The van der Waals surface area contributed by atoms with Crippen molar-refractivity contribution >= 4 is 10.9 Å². The molecule has 0 spiro atoms. The highest BCUT2D eigenvalue weighted by molar-refractivity contribution is 5.79. The van der Waals surface area contributed by atoms with Crippen molar-refractivity contribution in [3.05, 3.63) is 42.1 Å².